The Morgan fingerprint density at radius 1 is 0.875 bits per heavy atom. The summed E-state index contributed by atoms with van der Waals surface area (Å²) in [6, 6.07) is 13.8. The molecular formula is C19H16N4O. The molecule has 4 rings (SSSR count). The molecule has 3 heterocycles. The van der Waals surface area contributed by atoms with E-state index in [1.165, 1.54) is 0 Å². The smallest absolute Gasteiger partial charge is 0.159 e. The number of aryl methyl sites for hydroxylation is 1. The van der Waals surface area contributed by atoms with Crippen molar-refractivity contribution in [2.45, 2.75) is 6.92 Å². The molecule has 0 unspecified atom stereocenters. The van der Waals surface area contributed by atoms with Crippen LogP contribution in [0.1, 0.15) is 5.56 Å². The third kappa shape index (κ3) is 2.31. The summed E-state index contributed by atoms with van der Waals surface area (Å²) < 4.78 is 7.12. The molecule has 0 fully saturated rings. The summed E-state index contributed by atoms with van der Waals surface area (Å²) in [5.74, 6) is 0.829. The summed E-state index contributed by atoms with van der Waals surface area (Å²) >= 11 is 0. The van der Waals surface area contributed by atoms with E-state index in [1.807, 2.05) is 60.1 Å². The van der Waals surface area contributed by atoms with Crippen LogP contribution in [-0.4, -0.2) is 26.7 Å². The van der Waals surface area contributed by atoms with E-state index in [1.54, 1.807) is 19.5 Å². The van der Waals surface area contributed by atoms with E-state index in [0.717, 1.165) is 39.5 Å². The Morgan fingerprint density at radius 2 is 1.62 bits per heavy atom. The normalized spacial score (nSPS) is 10.9. The lowest BCUT2D eigenvalue weighted by Crippen LogP contribution is -1.95. The fraction of sp³-hybridized carbons (Fsp3) is 0.105. The van der Waals surface area contributed by atoms with Gasteiger partial charge in [0.15, 0.2) is 5.65 Å². The molecule has 1 aromatic carbocycles. The van der Waals surface area contributed by atoms with Gasteiger partial charge in [0.1, 0.15) is 5.75 Å². The molecule has 5 heteroatoms. The fourth-order valence-electron chi connectivity index (χ4n) is 2.82. The molecule has 0 atom stereocenters. The van der Waals surface area contributed by atoms with Crippen LogP contribution in [0.3, 0.4) is 0 Å². The van der Waals surface area contributed by atoms with Gasteiger partial charge in [0, 0.05) is 35.3 Å². The third-order valence-corrected chi connectivity index (χ3v) is 4.09. The number of hydrogen-bond acceptors (Lipinski definition) is 4. The summed E-state index contributed by atoms with van der Waals surface area (Å²) in [6.07, 6.45) is 5.38. The summed E-state index contributed by atoms with van der Waals surface area (Å²) in [5.41, 5.74) is 5.92. The molecule has 0 spiro atoms. The first kappa shape index (κ1) is 14.4. The Labute approximate surface area is 139 Å². The molecule has 0 saturated heterocycles. The Morgan fingerprint density at radius 3 is 2.33 bits per heavy atom. The number of aromatic nitrogens is 4. The SMILES string of the molecule is COc1ccc(-c2nn3c(-c4ccncc4)ccnc3c2C)cc1. The monoisotopic (exact) mass is 316 g/mol. The van der Waals surface area contributed by atoms with Crippen molar-refractivity contribution in [3.63, 3.8) is 0 Å². The number of rotatable bonds is 3. The van der Waals surface area contributed by atoms with Crippen LogP contribution < -0.4 is 4.74 Å². The van der Waals surface area contributed by atoms with E-state index in [0.29, 0.717) is 0 Å². The Kier molecular flexibility index (Phi) is 3.46. The predicted octanol–water partition coefficient (Wildman–Crippen LogP) is 3.78. The highest BCUT2D eigenvalue weighted by Crippen LogP contribution is 2.28. The van der Waals surface area contributed by atoms with Crippen molar-refractivity contribution in [1.29, 1.82) is 0 Å². The van der Waals surface area contributed by atoms with Crippen molar-refractivity contribution in [3.8, 4) is 28.3 Å². The van der Waals surface area contributed by atoms with E-state index in [4.69, 9.17) is 9.84 Å². The van der Waals surface area contributed by atoms with Crippen molar-refractivity contribution in [2.24, 2.45) is 0 Å². The van der Waals surface area contributed by atoms with Gasteiger partial charge in [-0.1, -0.05) is 0 Å². The summed E-state index contributed by atoms with van der Waals surface area (Å²) in [4.78, 5) is 8.59. The molecule has 0 N–H and O–H groups in total. The fourth-order valence-corrected chi connectivity index (χ4v) is 2.82. The second kappa shape index (κ2) is 5.77. The summed E-state index contributed by atoms with van der Waals surface area (Å²) in [5, 5.41) is 4.81. The first-order valence-corrected chi connectivity index (χ1v) is 7.67. The number of nitrogens with zero attached hydrogens (tertiary/aromatic N) is 4. The minimum atomic E-state index is 0.829. The first-order chi connectivity index (χ1) is 11.8. The minimum absolute atomic E-state index is 0.829. The van der Waals surface area contributed by atoms with Gasteiger partial charge in [-0.05, 0) is 49.4 Å². The van der Waals surface area contributed by atoms with Crippen LogP contribution in [0.4, 0.5) is 0 Å². The lowest BCUT2D eigenvalue weighted by Gasteiger charge is -2.03. The molecule has 0 bridgehead atoms. The second-order valence-electron chi connectivity index (χ2n) is 5.50. The van der Waals surface area contributed by atoms with Gasteiger partial charge in [-0.3, -0.25) is 4.98 Å². The lowest BCUT2D eigenvalue weighted by atomic mass is 10.1. The molecule has 0 saturated carbocycles. The van der Waals surface area contributed by atoms with Gasteiger partial charge in [-0.15, -0.1) is 0 Å². The quantitative estimate of drug-likeness (QED) is 0.577. The van der Waals surface area contributed by atoms with E-state index < -0.39 is 0 Å². The zero-order valence-corrected chi connectivity index (χ0v) is 13.5. The first-order valence-electron chi connectivity index (χ1n) is 7.67. The average molecular weight is 316 g/mol. The number of methoxy groups -OCH3 is 1. The van der Waals surface area contributed by atoms with Gasteiger partial charge in [0.25, 0.3) is 0 Å². The standard InChI is InChI=1S/C19H16N4O/c1-13-18(15-3-5-16(24-2)6-4-15)22-23-17(9-12-21-19(13)23)14-7-10-20-11-8-14/h3-12H,1-2H3. The van der Waals surface area contributed by atoms with E-state index in [9.17, 15) is 0 Å². The van der Waals surface area contributed by atoms with E-state index in [-0.39, 0.29) is 0 Å². The number of fused-ring (bicyclic) bond motifs is 1. The average Bonchev–Trinajstić information content (AvgIpc) is 2.99. The van der Waals surface area contributed by atoms with Gasteiger partial charge >= 0.3 is 0 Å². The van der Waals surface area contributed by atoms with Gasteiger partial charge in [-0.25, -0.2) is 9.50 Å². The topological polar surface area (TPSA) is 52.3 Å². The molecule has 3 aromatic heterocycles. The maximum absolute atomic E-state index is 5.23. The summed E-state index contributed by atoms with van der Waals surface area (Å²) in [6.45, 7) is 2.05. The summed E-state index contributed by atoms with van der Waals surface area (Å²) in [7, 11) is 1.66. The highest BCUT2D eigenvalue weighted by Gasteiger charge is 2.14. The molecule has 0 aliphatic heterocycles. The van der Waals surface area contributed by atoms with Crippen molar-refractivity contribution in [2.75, 3.05) is 7.11 Å². The highest BCUT2D eigenvalue weighted by atomic mass is 16.5. The van der Waals surface area contributed by atoms with Crippen LogP contribution in [0.5, 0.6) is 5.75 Å². The zero-order valence-electron chi connectivity index (χ0n) is 13.5. The second-order valence-corrected chi connectivity index (χ2v) is 5.50. The number of hydrogen-bond donors (Lipinski definition) is 0. The van der Waals surface area contributed by atoms with E-state index >= 15 is 0 Å². The van der Waals surface area contributed by atoms with Crippen molar-refractivity contribution in [1.82, 2.24) is 19.6 Å². The van der Waals surface area contributed by atoms with Crippen LogP contribution >= 0.6 is 0 Å². The molecule has 0 amide bonds. The zero-order chi connectivity index (χ0) is 16.5. The molecule has 5 nitrogen and oxygen atoms in total. The van der Waals surface area contributed by atoms with Gasteiger partial charge < -0.3 is 4.74 Å². The van der Waals surface area contributed by atoms with Crippen LogP contribution in [0.2, 0.25) is 0 Å². The Balaban J connectivity index is 1.91. The third-order valence-electron chi connectivity index (χ3n) is 4.09. The number of benzene rings is 1. The molecule has 118 valence electrons. The van der Waals surface area contributed by atoms with Gasteiger partial charge in [0.2, 0.25) is 0 Å². The molecule has 0 radical (unpaired) electrons. The predicted molar refractivity (Wildman–Crippen MR) is 92.9 cm³/mol. The van der Waals surface area contributed by atoms with Crippen molar-refractivity contribution >= 4 is 5.65 Å². The number of pyridine rings is 1. The highest BCUT2D eigenvalue weighted by molar-refractivity contribution is 5.73. The maximum atomic E-state index is 5.23. The maximum Gasteiger partial charge on any atom is 0.159 e. The molecular weight excluding hydrogens is 300 g/mol. The van der Waals surface area contributed by atoms with Gasteiger partial charge in [-0.2, -0.15) is 5.10 Å². The van der Waals surface area contributed by atoms with Crippen LogP contribution in [0, 0.1) is 6.92 Å². The van der Waals surface area contributed by atoms with Gasteiger partial charge in [0.05, 0.1) is 18.5 Å². The molecule has 4 aromatic rings. The van der Waals surface area contributed by atoms with Crippen LogP contribution in [-0.2, 0) is 0 Å². The Bertz CT molecular complexity index is 991. The van der Waals surface area contributed by atoms with Crippen LogP contribution in [0.15, 0.2) is 61.1 Å². The number of ether oxygens (including phenoxy) is 1. The van der Waals surface area contributed by atoms with Crippen molar-refractivity contribution in [3.05, 3.63) is 66.6 Å². The van der Waals surface area contributed by atoms with E-state index in [2.05, 4.69) is 9.97 Å². The lowest BCUT2D eigenvalue weighted by molar-refractivity contribution is 0.415. The molecule has 24 heavy (non-hydrogen) atoms. The van der Waals surface area contributed by atoms with Crippen LogP contribution in [0.25, 0.3) is 28.2 Å². The molecule has 0 aliphatic rings. The minimum Gasteiger partial charge on any atom is -0.497 e. The molecule has 0 aliphatic carbocycles. The van der Waals surface area contributed by atoms with Crippen molar-refractivity contribution < 1.29 is 4.74 Å². The Hall–Kier alpha value is -3.21. The largest absolute Gasteiger partial charge is 0.497 e.